The zero-order valence-corrected chi connectivity index (χ0v) is 13.9. The van der Waals surface area contributed by atoms with Gasteiger partial charge in [0, 0.05) is 12.8 Å². The lowest BCUT2D eigenvalue weighted by Crippen LogP contribution is -2.40. The van der Waals surface area contributed by atoms with E-state index in [9.17, 15) is 21.6 Å². The molecule has 0 radical (unpaired) electrons. The maximum absolute atomic E-state index is 12.1. The van der Waals surface area contributed by atoms with Crippen molar-refractivity contribution in [2.24, 2.45) is 0 Å². The first-order valence-corrected chi connectivity index (χ1v) is 9.73. The van der Waals surface area contributed by atoms with Crippen molar-refractivity contribution in [3.05, 3.63) is 0 Å². The molecule has 0 bridgehead atoms. The van der Waals surface area contributed by atoms with Gasteiger partial charge in [0.15, 0.2) is 9.84 Å². The molecule has 0 aliphatic rings. The standard InChI is InChI=1S/C11H23NO6S2/c1-5-7-12(9-10(13)14)20(17,18)8-6-11(2,3)19(4,15)16/h5-9H2,1-4H3,(H,13,14). The molecule has 0 heterocycles. The summed E-state index contributed by atoms with van der Waals surface area (Å²) < 4.78 is 47.0. The molecule has 0 aromatic rings. The predicted molar refractivity (Wildman–Crippen MR) is 76.8 cm³/mol. The first-order chi connectivity index (χ1) is 8.83. The molecule has 0 aliphatic carbocycles. The van der Waals surface area contributed by atoms with Crippen LogP contribution in [0.2, 0.25) is 0 Å². The Bertz CT molecular complexity index is 535. The lowest BCUT2D eigenvalue weighted by Gasteiger charge is -2.25. The molecule has 0 saturated heterocycles. The summed E-state index contributed by atoms with van der Waals surface area (Å²) in [6.07, 6.45) is 1.47. The summed E-state index contributed by atoms with van der Waals surface area (Å²) in [7, 11) is -7.17. The van der Waals surface area contributed by atoms with Crippen molar-refractivity contribution >= 4 is 25.8 Å². The molecule has 120 valence electrons. The van der Waals surface area contributed by atoms with Crippen LogP contribution in [0.3, 0.4) is 0 Å². The second-order valence-electron chi connectivity index (χ2n) is 5.33. The number of carboxylic acids is 1. The Morgan fingerprint density at radius 3 is 2.05 bits per heavy atom. The number of nitrogens with zero attached hydrogens (tertiary/aromatic N) is 1. The van der Waals surface area contributed by atoms with Crippen LogP contribution >= 0.6 is 0 Å². The first-order valence-electron chi connectivity index (χ1n) is 6.22. The molecular formula is C11H23NO6S2. The molecule has 0 atom stereocenters. The predicted octanol–water partition coefficient (Wildman–Crippen LogP) is 0.326. The van der Waals surface area contributed by atoms with Gasteiger partial charge in [-0.2, -0.15) is 4.31 Å². The second kappa shape index (κ2) is 6.86. The molecule has 0 saturated carbocycles. The van der Waals surface area contributed by atoms with Gasteiger partial charge in [0.05, 0.1) is 10.5 Å². The lowest BCUT2D eigenvalue weighted by atomic mass is 10.1. The zero-order chi connectivity index (χ0) is 16.2. The van der Waals surface area contributed by atoms with E-state index < -0.39 is 37.1 Å². The summed E-state index contributed by atoms with van der Waals surface area (Å²) in [4.78, 5) is 10.7. The van der Waals surface area contributed by atoms with E-state index in [-0.39, 0.29) is 18.7 Å². The van der Waals surface area contributed by atoms with Crippen molar-refractivity contribution < 1.29 is 26.7 Å². The quantitative estimate of drug-likeness (QED) is 0.653. The largest absolute Gasteiger partial charge is 0.480 e. The van der Waals surface area contributed by atoms with Crippen LogP contribution in [-0.2, 0) is 24.7 Å². The molecule has 9 heteroatoms. The maximum Gasteiger partial charge on any atom is 0.318 e. The van der Waals surface area contributed by atoms with Gasteiger partial charge >= 0.3 is 5.97 Å². The molecule has 7 nitrogen and oxygen atoms in total. The van der Waals surface area contributed by atoms with Gasteiger partial charge in [-0.3, -0.25) is 4.79 Å². The molecule has 0 aromatic carbocycles. The van der Waals surface area contributed by atoms with Crippen LogP contribution in [0.25, 0.3) is 0 Å². The monoisotopic (exact) mass is 329 g/mol. The van der Waals surface area contributed by atoms with Gasteiger partial charge < -0.3 is 5.11 Å². The third kappa shape index (κ3) is 5.76. The maximum atomic E-state index is 12.1. The number of carboxylic acid groups (broad SMARTS) is 1. The number of hydrogen-bond donors (Lipinski definition) is 1. The molecule has 0 rings (SSSR count). The number of carbonyl (C=O) groups is 1. The Hall–Kier alpha value is -0.670. The molecule has 0 aliphatic heterocycles. The van der Waals surface area contributed by atoms with Crippen LogP contribution in [0, 0.1) is 0 Å². The minimum Gasteiger partial charge on any atom is -0.480 e. The van der Waals surface area contributed by atoms with Crippen LogP contribution in [0.5, 0.6) is 0 Å². The van der Waals surface area contributed by atoms with E-state index in [1.165, 1.54) is 13.8 Å². The normalized spacial score (nSPS) is 13.7. The number of sulfone groups is 1. The lowest BCUT2D eigenvalue weighted by molar-refractivity contribution is -0.137. The highest BCUT2D eigenvalue weighted by Gasteiger charge is 2.33. The SMILES string of the molecule is CCCN(CC(=O)O)S(=O)(=O)CCC(C)(C)S(C)(=O)=O. The van der Waals surface area contributed by atoms with Crippen molar-refractivity contribution in [3.8, 4) is 0 Å². The summed E-state index contributed by atoms with van der Waals surface area (Å²) in [6.45, 7) is 4.16. The Morgan fingerprint density at radius 2 is 1.70 bits per heavy atom. The molecule has 0 spiro atoms. The minimum absolute atomic E-state index is 0.0754. The molecule has 0 aromatic heterocycles. The molecule has 0 fully saturated rings. The Labute approximate surface area is 120 Å². The van der Waals surface area contributed by atoms with Crippen LogP contribution in [0.1, 0.15) is 33.6 Å². The average Bonchev–Trinajstić information content (AvgIpc) is 2.24. The van der Waals surface area contributed by atoms with E-state index in [1.807, 2.05) is 0 Å². The van der Waals surface area contributed by atoms with Crippen molar-refractivity contribution in [2.75, 3.05) is 25.1 Å². The highest BCUT2D eigenvalue weighted by Crippen LogP contribution is 2.21. The Kier molecular flexibility index (Phi) is 6.63. The number of aliphatic carboxylic acids is 1. The summed E-state index contributed by atoms with van der Waals surface area (Å²) in [5, 5.41) is 8.73. The van der Waals surface area contributed by atoms with Crippen molar-refractivity contribution in [1.82, 2.24) is 4.31 Å². The van der Waals surface area contributed by atoms with Crippen molar-refractivity contribution in [2.45, 2.75) is 38.4 Å². The van der Waals surface area contributed by atoms with Crippen LogP contribution in [0.4, 0.5) is 0 Å². The molecule has 20 heavy (non-hydrogen) atoms. The summed E-state index contributed by atoms with van der Waals surface area (Å²) >= 11 is 0. The molecule has 1 N–H and O–H groups in total. The van der Waals surface area contributed by atoms with E-state index >= 15 is 0 Å². The summed E-state index contributed by atoms with van der Waals surface area (Å²) in [5.74, 6) is -1.62. The van der Waals surface area contributed by atoms with Crippen LogP contribution in [0.15, 0.2) is 0 Å². The fourth-order valence-corrected chi connectivity index (χ4v) is 3.80. The number of hydrogen-bond acceptors (Lipinski definition) is 5. The Balaban J connectivity index is 5.01. The Morgan fingerprint density at radius 1 is 1.20 bits per heavy atom. The van der Waals surface area contributed by atoms with E-state index in [0.29, 0.717) is 6.42 Å². The zero-order valence-electron chi connectivity index (χ0n) is 12.3. The average molecular weight is 329 g/mol. The van der Waals surface area contributed by atoms with Gasteiger partial charge in [-0.05, 0) is 26.7 Å². The topological polar surface area (TPSA) is 109 Å². The van der Waals surface area contributed by atoms with Gasteiger partial charge in [-0.25, -0.2) is 16.8 Å². The van der Waals surface area contributed by atoms with E-state index in [2.05, 4.69) is 0 Å². The second-order valence-corrected chi connectivity index (χ2v) is 10.1. The highest BCUT2D eigenvalue weighted by atomic mass is 32.2. The smallest absolute Gasteiger partial charge is 0.318 e. The van der Waals surface area contributed by atoms with E-state index in [4.69, 9.17) is 5.11 Å². The van der Waals surface area contributed by atoms with Crippen LogP contribution < -0.4 is 0 Å². The minimum atomic E-state index is -3.78. The van der Waals surface area contributed by atoms with Gasteiger partial charge in [0.1, 0.15) is 6.54 Å². The first kappa shape index (κ1) is 19.3. The van der Waals surface area contributed by atoms with Gasteiger partial charge in [0.2, 0.25) is 10.0 Å². The third-order valence-electron chi connectivity index (χ3n) is 3.14. The molecule has 0 amide bonds. The number of sulfonamides is 1. The third-order valence-corrected chi connectivity index (χ3v) is 7.17. The van der Waals surface area contributed by atoms with Gasteiger partial charge in [-0.15, -0.1) is 0 Å². The summed E-state index contributed by atoms with van der Waals surface area (Å²) in [5.41, 5.74) is 0. The van der Waals surface area contributed by atoms with Crippen LogP contribution in [-0.4, -0.2) is 62.1 Å². The number of rotatable bonds is 9. The molecule has 0 unspecified atom stereocenters. The van der Waals surface area contributed by atoms with Crippen molar-refractivity contribution in [1.29, 1.82) is 0 Å². The fourth-order valence-electron chi connectivity index (χ4n) is 1.41. The van der Waals surface area contributed by atoms with E-state index in [1.54, 1.807) is 6.92 Å². The molecular weight excluding hydrogens is 306 g/mol. The summed E-state index contributed by atoms with van der Waals surface area (Å²) in [6, 6.07) is 0. The van der Waals surface area contributed by atoms with Gasteiger partial charge in [-0.1, -0.05) is 6.92 Å². The highest BCUT2D eigenvalue weighted by molar-refractivity contribution is 7.92. The van der Waals surface area contributed by atoms with E-state index in [0.717, 1.165) is 10.6 Å². The van der Waals surface area contributed by atoms with Gasteiger partial charge in [0.25, 0.3) is 0 Å². The fraction of sp³-hybridized carbons (Fsp3) is 0.909. The van der Waals surface area contributed by atoms with Crippen molar-refractivity contribution in [3.63, 3.8) is 0 Å².